The second-order valence-corrected chi connectivity index (χ2v) is 6.30. The molecule has 0 saturated heterocycles. The number of carboxylic acids is 1. The van der Waals surface area contributed by atoms with Crippen LogP contribution in [0.4, 0.5) is 19.0 Å². The van der Waals surface area contributed by atoms with Gasteiger partial charge in [-0.3, -0.25) is 9.69 Å². The van der Waals surface area contributed by atoms with Crippen LogP contribution in [0.3, 0.4) is 0 Å². The molecule has 0 radical (unpaired) electrons. The molecule has 1 aliphatic rings. The van der Waals surface area contributed by atoms with Crippen molar-refractivity contribution < 1.29 is 23.1 Å². The SMILES string of the molecule is CCN(CC(=O)O)C1CC(Nc2ccc(Br)c(C(F)(F)F)n2)C1. The van der Waals surface area contributed by atoms with Crippen LogP contribution in [-0.4, -0.2) is 46.1 Å². The minimum absolute atomic E-state index is 0.00222. The molecule has 1 heterocycles. The van der Waals surface area contributed by atoms with Crippen molar-refractivity contribution in [1.82, 2.24) is 9.88 Å². The summed E-state index contributed by atoms with van der Waals surface area (Å²) in [6.45, 7) is 2.48. The number of aromatic nitrogens is 1. The Hall–Kier alpha value is -1.35. The molecule has 1 aliphatic carbocycles. The van der Waals surface area contributed by atoms with Crippen LogP contribution >= 0.6 is 15.9 Å². The quantitative estimate of drug-likeness (QED) is 0.773. The van der Waals surface area contributed by atoms with Gasteiger partial charge in [0.25, 0.3) is 0 Å². The summed E-state index contributed by atoms with van der Waals surface area (Å²) in [6.07, 6.45) is -3.15. The van der Waals surface area contributed by atoms with Crippen LogP contribution in [0.5, 0.6) is 0 Å². The van der Waals surface area contributed by atoms with Crippen molar-refractivity contribution in [3.05, 3.63) is 22.3 Å². The zero-order valence-electron chi connectivity index (χ0n) is 12.4. The van der Waals surface area contributed by atoms with E-state index in [0.717, 1.165) is 0 Å². The van der Waals surface area contributed by atoms with E-state index in [-0.39, 0.29) is 28.9 Å². The van der Waals surface area contributed by atoms with Crippen molar-refractivity contribution in [2.45, 2.75) is 38.0 Å². The van der Waals surface area contributed by atoms with Crippen molar-refractivity contribution in [3.8, 4) is 0 Å². The standard InChI is InChI=1S/C14H17BrF3N3O2/c1-2-21(7-12(22)23)9-5-8(6-9)19-11-4-3-10(15)13(20-11)14(16,17)18/h3-4,8-9H,2,5-7H2,1H3,(H,19,20)(H,22,23). The van der Waals surface area contributed by atoms with Crippen LogP contribution in [0.15, 0.2) is 16.6 Å². The third kappa shape index (κ3) is 4.57. The number of alkyl halides is 3. The van der Waals surface area contributed by atoms with E-state index in [9.17, 15) is 18.0 Å². The number of nitrogens with one attached hydrogen (secondary N) is 1. The number of carbonyl (C=O) groups is 1. The first-order valence-corrected chi connectivity index (χ1v) is 7.96. The number of rotatable bonds is 6. The van der Waals surface area contributed by atoms with Crippen LogP contribution in [-0.2, 0) is 11.0 Å². The Morgan fingerprint density at radius 1 is 1.48 bits per heavy atom. The number of nitrogens with zero attached hydrogens (tertiary/aromatic N) is 2. The van der Waals surface area contributed by atoms with Gasteiger partial charge in [-0.15, -0.1) is 0 Å². The van der Waals surface area contributed by atoms with Crippen molar-refractivity contribution in [1.29, 1.82) is 0 Å². The first-order chi connectivity index (χ1) is 10.7. The third-order valence-electron chi connectivity index (χ3n) is 3.84. The second-order valence-electron chi connectivity index (χ2n) is 5.45. The first kappa shape index (κ1) is 18.0. The number of pyridine rings is 1. The maximum absolute atomic E-state index is 12.8. The van der Waals surface area contributed by atoms with Crippen molar-refractivity contribution in [2.75, 3.05) is 18.4 Å². The van der Waals surface area contributed by atoms with Gasteiger partial charge in [-0.2, -0.15) is 13.2 Å². The summed E-state index contributed by atoms with van der Waals surface area (Å²) in [5.41, 5.74) is -0.959. The topological polar surface area (TPSA) is 65.5 Å². The Morgan fingerprint density at radius 2 is 2.13 bits per heavy atom. The van der Waals surface area contributed by atoms with Crippen LogP contribution in [0.25, 0.3) is 0 Å². The molecule has 1 fully saturated rings. The van der Waals surface area contributed by atoms with E-state index in [1.807, 2.05) is 11.8 Å². The minimum atomic E-state index is -4.51. The van der Waals surface area contributed by atoms with Gasteiger partial charge in [-0.1, -0.05) is 6.92 Å². The molecule has 5 nitrogen and oxygen atoms in total. The number of aliphatic carboxylic acids is 1. The number of halogens is 4. The molecule has 0 spiro atoms. The fourth-order valence-electron chi connectivity index (χ4n) is 2.61. The first-order valence-electron chi connectivity index (χ1n) is 7.16. The molecule has 9 heteroatoms. The van der Waals surface area contributed by atoms with Gasteiger partial charge in [-0.05, 0) is 47.4 Å². The summed E-state index contributed by atoms with van der Waals surface area (Å²) >= 11 is 2.85. The highest BCUT2D eigenvalue weighted by molar-refractivity contribution is 9.10. The van der Waals surface area contributed by atoms with E-state index in [1.165, 1.54) is 12.1 Å². The van der Waals surface area contributed by atoms with Gasteiger partial charge in [0.05, 0.1) is 6.54 Å². The molecule has 0 atom stereocenters. The van der Waals surface area contributed by atoms with Gasteiger partial charge >= 0.3 is 12.1 Å². The Balaban J connectivity index is 1.94. The predicted molar refractivity (Wildman–Crippen MR) is 82.3 cm³/mol. The van der Waals surface area contributed by atoms with E-state index in [0.29, 0.717) is 19.4 Å². The lowest BCUT2D eigenvalue weighted by atomic mass is 9.85. The lowest BCUT2D eigenvalue weighted by Gasteiger charge is -2.42. The summed E-state index contributed by atoms with van der Waals surface area (Å²) < 4.78 is 38.3. The molecule has 1 saturated carbocycles. The van der Waals surface area contributed by atoms with E-state index in [4.69, 9.17) is 5.11 Å². The fraction of sp³-hybridized carbons (Fsp3) is 0.571. The van der Waals surface area contributed by atoms with E-state index in [1.54, 1.807) is 0 Å². The predicted octanol–water partition coefficient (Wildman–Crippen LogP) is 3.21. The molecular weight excluding hydrogens is 379 g/mol. The molecule has 2 rings (SSSR count). The summed E-state index contributed by atoms with van der Waals surface area (Å²) in [4.78, 5) is 16.2. The number of likely N-dealkylation sites (N-methyl/N-ethyl adjacent to an activating group) is 1. The minimum Gasteiger partial charge on any atom is -0.480 e. The van der Waals surface area contributed by atoms with Gasteiger partial charge in [0.2, 0.25) is 0 Å². The third-order valence-corrected chi connectivity index (χ3v) is 4.48. The summed E-state index contributed by atoms with van der Waals surface area (Å²) in [7, 11) is 0. The Morgan fingerprint density at radius 3 is 2.65 bits per heavy atom. The van der Waals surface area contributed by atoms with E-state index >= 15 is 0 Å². The van der Waals surface area contributed by atoms with Crippen LogP contribution in [0.2, 0.25) is 0 Å². The van der Waals surface area contributed by atoms with Crippen molar-refractivity contribution in [3.63, 3.8) is 0 Å². The molecule has 23 heavy (non-hydrogen) atoms. The Labute approximate surface area is 140 Å². The normalized spacial score (nSPS) is 21.1. The fourth-order valence-corrected chi connectivity index (χ4v) is 3.05. The van der Waals surface area contributed by atoms with Gasteiger partial charge in [0, 0.05) is 16.6 Å². The van der Waals surface area contributed by atoms with E-state index < -0.39 is 17.8 Å². The van der Waals surface area contributed by atoms with E-state index in [2.05, 4.69) is 26.2 Å². The maximum Gasteiger partial charge on any atom is 0.434 e. The van der Waals surface area contributed by atoms with Gasteiger partial charge < -0.3 is 10.4 Å². The molecule has 1 aromatic rings. The lowest BCUT2D eigenvalue weighted by Crippen LogP contribution is -2.51. The average molecular weight is 396 g/mol. The Bertz CT molecular complexity index is 577. The highest BCUT2D eigenvalue weighted by atomic mass is 79.9. The summed E-state index contributed by atoms with van der Waals surface area (Å²) in [5.74, 6) is -0.710. The highest BCUT2D eigenvalue weighted by Crippen LogP contribution is 2.35. The molecule has 2 N–H and O–H groups in total. The zero-order chi connectivity index (χ0) is 17.2. The number of hydrogen-bond donors (Lipinski definition) is 2. The van der Waals surface area contributed by atoms with Crippen LogP contribution in [0.1, 0.15) is 25.5 Å². The molecule has 0 bridgehead atoms. The largest absolute Gasteiger partial charge is 0.480 e. The number of hydrogen-bond acceptors (Lipinski definition) is 4. The molecule has 0 aromatic carbocycles. The van der Waals surface area contributed by atoms with Crippen LogP contribution in [0, 0.1) is 0 Å². The molecule has 0 aliphatic heterocycles. The van der Waals surface area contributed by atoms with Crippen molar-refractivity contribution >= 4 is 27.7 Å². The molecular formula is C14H17BrF3N3O2. The van der Waals surface area contributed by atoms with Crippen LogP contribution < -0.4 is 5.32 Å². The summed E-state index contributed by atoms with van der Waals surface area (Å²) in [6, 6.07) is 2.93. The number of carboxylic acid groups (broad SMARTS) is 1. The zero-order valence-corrected chi connectivity index (χ0v) is 14.0. The molecule has 1 aromatic heterocycles. The van der Waals surface area contributed by atoms with Gasteiger partial charge in [-0.25, -0.2) is 4.98 Å². The Kier molecular flexibility index (Phi) is 5.51. The monoisotopic (exact) mass is 395 g/mol. The maximum atomic E-state index is 12.8. The smallest absolute Gasteiger partial charge is 0.434 e. The lowest BCUT2D eigenvalue weighted by molar-refractivity contribution is -0.141. The molecule has 0 amide bonds. The van der Waals surface area contributed by atoms with Crippen molar-refractivity contribution in [2.24, 2.45) is 0 Å². The number of anilines is 1. The van der Waals surface area contributed by atoms with Gasteiger partial charge in [0.1, 0.15) is 5.82 Å². The highest BCUT2D eigenvalue weighted by Gasteiger charge is 2.37. The molecule has 0 unspecified atom stereocenters. The second kappa shape index (κ2) is 7.04. The van der Waals surface area contributed by atoms with Gasteiger partial charge in [0.15, 0.2) is 5.69 Å². The molecule has 128 valence electrons. The average Bonchev–Trinajstić information content (AvgIpc) is 2.40. The summed E-state index contributed by atoms with van der Waals surface area (Å²) in [5, 5.41) is 11.8.